The van der Waals surface area contributed by atoms with Crippen LogP contribution in [0.5, 0.6) is 0 Å². The summed E-state index contributed by atoms with van der Waals surface area (Å²) in [5, 5.41) is 0. The average Bonchev–Trinajstić information content (AvgIpc) is 3.40. The van der Waals surface area contributed by atoms with E-state index in [1.165, 1.54) is 36.8 Å². The van der Waals surface area contributed by atoms with E-state index in [1.807, 2.05) is 12.1 Å². The van der Waals surface area contributed by atoms with Crippen LogP contribution in [0.3, 0.4) is 0 Å². The Balaban J connectivity index is 1.43. The zero-order chi connectivity index (χ0) is 15.9. The van der Waals surface area contributed by atoms with Crippen LogP contribution in [0.25, 0.3) is 0 Å². The molecule has 0 aromatic heterocycles. The van der Waals surface area contributed by atoms with Gasteiger partial charge in [0.1, 0.15) is 0 Å². The molecule has 0 bridgehead atoms. The third kappa shape index (κ3) is 3.47. The summed E-state index contributed by atoms with van der Waals surface area (Å²) in [6.45, 7) is 2.06. The van der Waals surface area contributed by atoms with E-state index in [4.69, 9.17) is 0 Å². The van der Waals surface area contributed by atoms with E-state index in [-0.39, 0.29) is 6.04 Å². The normalized spacial score (nSPS) is 23.7. The standard InChI is InChI=1S/C18H26N2O2S/c21-23(22,18-8-5-14-3-1-2-4-15(14)13-18)19-16-9-11-20(12-10-16)17-6-7-17/h5,8,13,16-17,19H,1-4,6-7,9-12H2. The van der Waals surface area contributed by atoms with Gasteiger partial charge >= 0.3 is 0 Å². The Kier molecular flexibility index (Phi) is 4.20. The van der Waals surface area contributed by atoms with Gasteiger partial charge in [0.15, 0.2) is 0 Å². The monoisotopic (exact) mass is 334 g/mol. The molecule has 1 saturated heterocycles. The highest BCUT2D eigenvalue weighted by Crippen LogP contribution is 2.30. The highest BCUT2D eigenvalue weighted by molar-refractivity contribution is 7.89. The quantitative estimate of drug-likeness (QED) is 0.920. The molecule has 0 amide bonds. The lowest BCUT2D eigenvalue weighted by Crippen LogP contribution is -2.45. The van der Waals surface area contributed by atoms with Crippen LogP contribution in [-0.2, 0) is 22.9 Å². The number of hydrogen-bond acceptors (Lipinski definition) is 3. The molecule has 1 heterocycles. The van der Waals surface area contributed by atoms with Gasteiger partial charge in [-0.05, 0) is 87.7 Å². The van der Waals surface area contributed by atoms with Crippen LogP contribution in [0, 0.1) is 0 Å². The van der Waals surface area contributed by atoms with E-state index in [2.05, 4.69) is 9.62 Å². The van der Waals surface area contributed by atoms with Gasteiger partial charge < -0.3 is 4.90 Å². The van der Waals surface area contributed by atoms with Gasteiger partial charge in [-0.25, -0.2) is 13.1 Å². The molecular weight excluding hydrogens is 308 g/mol. The highest BCUT2D eigenvalue weighted by atomic mass is 32.2. The number of nitrogens with one attached hydrogen (secondary N) is 1. The fourth-order valence-electron chi connectivity index (χ4n) is 3.99. The number of likely N-dealkylation sites (tertiary alicyclic amines) is 1. The summed E-state index contributed by atoms with van der Waals surface area (Å²) >= 11 is 0. The summed E-state index contributed by atoms with van der Waals surface area (Å²) in [4.78, 5) is 2.96. The van der Waals surface area contributed by atoms with Crippen molar-refractivity contribution in [2.75, 3.05) is 13.1 Å². The van der Waals surface area contributed by atoms with Crippen molar-refractivity contribution in [2.45, 2.75) is 68.3 Å². The zero-order valence-corrected chi connectivity index (χ0v) is 14.4. The molecule has 3 aliphatic rings. The molecule has 2 aliphatic carbocycles. The number of piperidine rings is 1. The molecule has 0 atom stereocenters. The van der Waals surface area contributed by atoms with Gasteiger partial charge in [0.05, 0.1) is 4.90 Å². The average molecular weight is 334 g/mol. The smallest absolute Gasteiger partial charge is 0.240 e. The molecular formula is C18H26N2O2S. The maximum absolute atomic E-state index is 12.7. The van der Waals surface area contributed by atoms with Crippen molar-refractivity contribution in [3.05, 3.63) is 29.3 Å². The number of sulfonamides is 1. The van der Waals surface area contributed by atoms with Crippen LogP contribution in [0.15, 0.2) is 23.1 Å². The van der Waals surface area contributed by atoms with E-state index in [1.54, 1.807) is 6.07 Å². The van der Waals surface area contributed by atoms with Crippen molar-refractivity contribution < 1.29 is 8.42 Å². The summed E-state index contributed by atoms with van der Waals surface area (Å²) in [6.07, 6.45) is 9.00. The lowest BCUT2D eigenvalue weighted by Gasteiger charge is -2.32. The molecule has 0 spiro atoms. The third-order valence-corrected chi connectivity index (χ3v) is 7.06. The molecule has 2 fully saturated rings. The molecule has 5 heteroatoms. The summed E-state index contributed by atoms with van der Waals surface area (Å²) in [6, 6.07) is 6.57. The molecule has 0 unspecified atom stereocenters. The van der Waals surface area contributed by atoms with Crippen LogP contribution < -0.4 is 4.72 Å². The summed E-state index contributed by atoms with van der Waals surface area (Å²) in [7, 11) is -3.38. The molecule has 4 nitrogen and oxygen atoms in total. The predicted octanol–water partition coefficient (Wildman–Crippen LogP) is 2.47. The van der Waals surface area contributed by atoms with Crippen molar-refractivity contribution in [2.24, 2.45) is 0 Å². The summed E-state index contributed by atoms with van der Waals surface area (Å²) in [5.41, 5.74) is 2.55. The molecule has 4 rings (SSSR count). The second-order valence-electron chi connectivity index (χ2n) is 7.30. The summed E-state index contributed by atoms with van der Waals surface area (Å²) in [5.74, 6) is 0. The number of hydrogen-bond donors (Lipinski definition) is 1. The molecule has 1 aliphatic heterocycles. The number of nitrogens with zero attached hydrogens (tertiary/aromatic N) is 1. The van der Waals surface area contributed by atoms with Crippen molar-refractivity contribution in [3.63, 3.8) is 0 Å². The molecule has 1 aromatic rings. The Hall–Kier alpha value is -0.910. The van der Waals surface area contributed by atoms with Gasteiger partial charge in [-0.2, -0.15) is 0 Å². The lowest BCUT2D eigenvalue weighted by atomic mass is 9.92. The first-order chi connectivity index (χ1) is 11.1. The van der Waals surface area contributed by atoms with Gasteiger partial charge in [-0.1, -0.05) is 6.07 Å². The zero-order valence-electron chi connectivity index (χ0n) is 13.6. The van der Waals surface area contributed by atoms with Crippen molar-refractivity contribution in [3.8, 4) is 0 Å². The molecule has 23 heavy (non-hydrogen) atoms. The van der Waals surface area contributed by atoms with Gasteiger partial charge in [0, 0.05) is 12.1 Å². The lowest BCUT2D eigenvalue weighted by molar-refractivity contribution is 0.199. The fraction of sp³-hybridized carbons (Fsp3) is 0.667. The topological polar surface area (TPSA) is 49.4 Å². The van der Waals surface area contributed by atoms with Crippen LogP contribution in [0.4, 0.5) is 0 Å². The van der Waals surface area contributed by atoms with Gasteiger partial charge in [0.25, 0.3) is 0 Å². The van der Waals surface area contributed by atoms with Crippen molar-refractivity contribution in [1.82, 2.24) is 9.62 Å². The van der Waals surface area contributed by atoms with Crippen LogP contribution >= 0.6 is 0 Å². The van der Waals surface area contributed by atoms with Gasteiger partial charge in [0.2, 0.25) is 10.0 Å². The second-order valence-corrected chi connectivity index (χ2v) is 9.01. The number of aryl methyl sites for hydroxylation is 2. The Bertz CT molecular complexity index is 674. The maximum atomic E-state index is 12.7. The van der Waals surface area contributed by atoms with Gasteiger partial charge in [-0.15, -0.1) is 0 Å². The SMILES string of the molecule is O=S(=O)(NC1CCN(C2CC2)CC1)c1ccc2c(c1)CCCC2. The molecule has 1 N–H and O–H groups in total. The van der Waals surface area contributed by atoms with Gasteiger partial charge in [-0.3, -0.25) is 0 Å². The minimum absolute atomic E-state index is 0.0889. The minimum Gasteiger partial charge on any atom is -0.300 e. The molecule has 1 saturated carbocycles. The highest BCUT2D eigenvalue weighted by Gasteiger charge is 2.33. The Morgan fingerprint density at radius 2 is 1.65 bits per heavy atom. The molecule has 0 radical (unpaired) electrons. The first-order valence-electron chi connectivity index (χ1n) is 9.00. The van der Waals surface area contributed by atoms with E-state index in [9.17, 15) is 8.42 Å². The number of benzene rings is 1. The van der Waals surface area contributed by atoms with E-state index < -0.39 is 10.0 Å². The van der Waals surface area contributed by atoms with E-state index in [0.29, 0.717) is 4.90 Å². The van der Waals surface area contributed by atoms with E-state index in [0.717, 1.165) is 44.8 Å². The Morgan fingerprint density at radius 3 is 2.35 bits per heavy atom. The molecule has 1 aromatic carbocycles. The predicted molar refractivity (Wildman–Crippen MR) is 91.0 cm³/mol. The third-order valence-electron chi connectivity index (χ3n) is 5.54. The first kappa shape index (κ1) is 15.6. The second kappa shape index (κ2) is 6.19. The van der Waals surface area contributed by atoms with E-state index >= 15 is 0 Å². The Labute approximate surface area is 139 Å². The Morgan fingerprint density at radius 1 is 0.957 bits per heavy atom. The maximum Gasteiger partial charge on any atom is 0.240 e. The largest absolute Gasteiger partial charge is 0.300 e. The number of fused-ring (bicyclic) bond motifs is 1. The number of rotatable bonds is 4. The van der Waals surface area contributed by atoms with Crippen LogP contribution in [-0.4, -0.2) is 38.5 Å². The van der Waals surface area contributed by atoms with Crippen molar-refractivity contribution in [1.29, 1.82) is 0 Å². The van der Waals surface area contributed by atoms with Crippen LogP contribution in [0.2, 0.25) is 0 Å². The first-order valence-corrected chi connectivity index (χ1v) is 10.5. The van der Waals surface area contributed by atoms with Crippen LogP contribution in [0.1, 0.15) is 49.7 Å². The van der Waals surface area contributed by atoms with Crippen molar-refractivity contribution >= 4 is 10.0 Å². The molecule has 126 valence electrons. The summed E-state index contributed by atoms with van der Waals surface area (Å²) < 4.78 is 28.3. The fourth-order valence-corrected chi connectivity index (χ4v) is 5.34. The minimum atomic E-state index is -3.38.